The van der Waals surface area contributed by atoms with Gasteiger partial charge in [0.15, 0.2) is 0 Å². The summed E-state index contributed by atoms with van der Waals surface area (Å²) >= 11 is 0. The van der Waals surface area contributed by atoms with Gasteiger partial charge in [0.25, 0.3) is 0 Å². The Bertz CT molecular complexity index is 158. The van der Waals surface area contributed by atoms with E-state index in [-0.39, 0.29) is 0 Å². The molecule has 1 aliphatic carbocycles. The van der Waals surface area contributed by atoms with E-state index in [2.05, 4.69) is 4.74 Å². The number of hydrogen-bond acceptors (Lipinski definition) is 6. The van der Waals surface area contributed by atoms with Crippen molar-refractivity contribution in [2.24, 2.45) is 0 Å². The molecule has 0 amide bonds. The minimum atomic E-state index is -1.56. The van der Waals surface area contributed by atoms with Crippen LogP contribution in [-0.2, 0) is 4.74 Å². The molecule has 0 aromatic carbocycles. The van der Waals surface area contributed by atoms with Crippen molar-refractivity contribution in [3.63, 3.8) is 0 Å². The van der Waals surface area contributed by atoms with Crippen LogP contribution >= 0.6 is 0 Å². The van der Waals surface area contributed by atoms with Gasteiger partial charge >= 0.3 is 0 Å². The topological polar surface area (TPSA) is 110 Å². The summed E-state index contributed by atoms with van der Waals surface area (Å²) in [5, 5.41) is 46.1. The smallest absolute Gasteiger partial charge is 0.114 e. The van der Waals surface area contributed by atoms with Crippen molar-refractivity contribution in [1.82, 2.24) is 0 Å². The first-order chi connectivity index (χ1) is 6.00. The molecule has 1 fully saturated rings. The van der Waals surface area contributed by atoms with E-state index in [9.17, 15) is 20.4 Å². The molecule has 5 N–H and O–H groups in total. The molecule has 0 radical (unpaired) electrons. The number of hydrogen-bond donors (Lipinski definition) is 5. The molecule has 1 rings (SSSR count). The minimum absolute atomic E-state index is 1.09. The van der Waals surface area contributed by atoms with E-state index in [1.807, 2.05) is 0 Å². The largest absolute Gasteiger partial charge is 0.387 e. The Morgan fingerprint density at radius 3 is 1.31 bits per heavy atom. The van der Waals surface area contributed by atoms with E-state index in [0.717, 1.165) is 0 Å². The Morgan fingerprint density at radius 2 is 1.00 bits per heavy atom. The number of rotatable bonds is 1. The lowest BCUT2D eigenvalue weighted by atomic mass is 9.85. The van der Waals surface area contributed by atoms with Gasteiger partial charge in [-0.25, -0.2) is 0 Å². The molecule has 0 bridgehead atoms. The predicted molar refractivity (Wildman–Crippen MR) is 40.8 cm³/mol. The minimum Gasteiger partial charge on any atom is -0.387 e. The number of aliphatic hydroxyl groups is 5. The van der Waals surface area contributed by atoms with Gasteiger partial charge in [-0.15, -0.1) is 0 Å². The zero-order valence-corrected chi connectivity index (χ0v) is 7.11. The van der Waals surface area contributed by atoms with Crippen LogP contribution in [0.25, 0.3) is 0 Å². The Labute approximate surface area is 75.0 Å². The van der Waals surface area contributed by atoms with Crippen LogP contribution in [0.3, 0.4) is 0 Å². The summed E-state index contributed by atoms with van der Waals surface area (Å²) in [6, 6.07) is 0. The van der Waals surface area contributed by atoms with Gasteiger partial charge in [0.2, 0.25) is 0 Å². The first-order valence-electron chi connectivity index (χ1n) is 3.93. The Balaban J connectivity index is 2.79. The van der Waals surface area contributed by atoms with E-state index in [0.29, 0.717) is 0 Å². The van der Waals surface area contributed by atoms with Crippen molar-refractivity contribution in [2.45, 2.75) is 36.6 Å². The summed E-state index contributed by atoms with van der Waals surface area (Å²) in [6.07, 6.45) is -8.48. The molecule has 0 aromatic heterocycles. The van der Waals surface area contributed by atoms with Gasteiger partial charge in [0.05, 0.1) is 0 Å². The first-order valence-corrected chi connectivity index (χ1v) is 3.93. The Kier molecular flexibility index (Phi) is 3.23. The summed E-state index contributed by atoms with van der Waals surface area (Å²) < 4.78 is 4.67. The van der Waals surface area contributed by atoms with Crippen LogP contribution in [0.4, 0.5) is 0 Å². The van der Waals surface area contributed by atoms with E-state index in [1.54, 1.807) is 0 Å². The van der Waals surface area contributed by atoms with Gasteiger partial charge in [-0.1, -0.05) is 0 Å². The Hall–Kier alpha value is -0.240. The standard InChI is InChI=1S/C7H14O6/c1-13-7-5(11)3(9)2(8)4(10)6(7)12/h2-12H,1H3/t2?,3-,4+,5-,6+,7?. The summed E-state index contributed by atoms with van der Waals surface area (Å²) in [4.78, 5) is 0. The molecule has 0 aromatic rings. The van der Waals surface area contributed by atoms with Crippen LogP contribution in [0, 0.1) is 0 Å². The molecule has 2 unspecified atom stereocenters. The average molecular weight is 194 g/mol. The number of ether oxygens (including phenoxy) is 1. The molecule has 13 heavy (non-hydrogen) atoms. The normalized spacial score (nSPS) is 52.2. The highest BCUT2D eigenvalue weighted by Gasteiger charge is 2.48. The van der Waals surface area contributed by atoms with Gasteiger partial charge in [0, 0.05) is 7.11 Å². The van der Waals surface area contributed by atoms with Crippen LogP contribution < -0.4 is 0 Å². The van der Waals surface area contributed by atoms with Gasteiger partial charge in [-0.05, 0) is 0 Å². The number of aliphatic hydroxyl groups excluding tert-OH is 5. The molecule has 0 saturated heterocycles. The van der Waals surface area contributed by atoms with Crippen molar-refractivity contribution >= 4 is 0 Å². The maximum Gasteiger partial charge on any atom is 0.114 e. The van der Waals surface area contributed by atoms with Gasteiger partial charge in [-0.2, -0.15) is 0 Å². The molecule has 1 saturated carbocycles. The maximum absolute atomic E-state index is 9.29. The molecule has 1 aliphatic rings. The molecule has 78 valence electrons. The van der Waals surface area contributed by atoms with Crippen molar-refractivity contribution in [3.05, 3.63) is 0 Å². The molecule has 0 spiro atoms. The summed E-state index contributed by atoms with van der Waals surface area (Å²) in [5.41, 5.74) is 0. The summed E-state index contributed by atoms with van der Waals surface area (Å²) in [6.45, 7) is 0. The lowest BCUT2D eigenvalue weighted by Gasteiger charge is -2.40. The third-order valence-electron chi connectivity index (χ3n) is 2.35. The van der Waals surface area contributed by atoms with Crippen molar-refractivity contribution in [1.29, 1.82) is 0 Å². The van der Waals surface area contributed by atoms with Gasteiger partial charge in [0.1, 0.15) is 36.6 Å². The van der Waals surface area contributed by atoms with E-state index in [1.165, 1.54) is 7.11 Å². The fourth-order valence-corrected chi connectivity index (χ4v) is 1.48. The molecule has 0 aliphatic heterocycles. The van der Waals surface area contributed by atoms with Crippen LogP contribution in [0.1, 0.15) is 0 Å². The summed E-state index contributed by atoms with van der Waals surface area (Å²) in [7, 11) is 1.23. The lowest BCUT2D eigenvalue weighted by molar-refractivity contribution is -0.229. The fourth-order valence-electron chi connectivity index (χ4n) is 1.48. The predicted octanol–water partition coefficient (Wildman–Crippen LogP) is -3.18. The molecule has 6 heteroatoms. The van der Waals surface area contributed by atoms with Crippen LogP contribution in [0.15, 0.2) is 0 Å². The second kappa shape index (κ2) is 3.87. The Morgan fingerprint density at radius 1 is 0.692 bits per heavy atom. The first kappa shape index (κ1) is 10.8. The highest BCUT2D eigenvalue weighted by atomic mass is 16.5. The highest BCUT2D eigenvalue weighted by Crippen LogP contribution is 2.23. The quantitative estimate of drug-likeness (QED) is 0.301. The average Bonchev–Trinajstić information content (AvgIpc) is 2.13. The molecular weight excluding hydrogens is 180 g/mol. The molecule has 6 nitrogen and oxygen atoms in total. The van der Waals surface area contributed by atoms with Crippen LogP contribution in [-0.4, -0.2) is 69.3 Å². The molecular formula is C7H14O6. The third kappa shape index (κ3) is 1.69. The van der Waals surface area contributed by atoms with Crippen molar-refractivity contribution < 1.29 is 30.3 Å². The zero-order valence-electron chi connectivity index (χ0n) is 7.11. The second-order valence-electron chi connectivity index (χ2n) is 3.15. The molecule has 6 atom stereocenters. The summed E-state index contributed by atoms with van der Waals surface area (Å²) in [5.74, 6) is 0. The van der Waals surface area contributed by atoms with E-state index in [4.69, 9.17) is 5.11 Å². The van der Waals surface area contributed by atoms with Gasteiger partial charge in [-0.3, -0.25) is 0 Å². The molecule has 0 heterocycles. The second-order valence-corrected chi connectivity index (χ2v) is 3.15. The van der Waals surface area contributed by atoms with E-state index < -0.39 is 36.6 Å². The number of methoxy groups -OCH3 is 1. The highest BCUT2D eigenvalue weighted by molar-refractivity contribution is 4.99. The SMILES string of the molecule is COC1[C@@H](O)[C@@H](O)C(O)[C@@H](O)[C@H]1O. The van der Waals surface area contributed by atoms with Crippen LogP contribution in [0.2, 0.25) is 0 Å². The zero-order chi connectivity index (χ0) is 10.2. The maximum atomic E-state index is 9.29. The third-order valence-corrected chi connectivity index (χ3v) is 2.35. The van der Waals surface area contributed by atoms with Crippen molar-refractivity contribution in [2.75, 3.05) is 7.11 Å². The monoisotopic (exact) mass is 194 g/mol. The van der Waals surface area contributed by atoms with Crippen molar-refractivity contribution in [3.8, 4) is 0 Å². The fraction of sp³-hybridized carbons (Fsp3) is 1.00. The lowest BCUT2D eigenvalue weighted by Crippen LogP contribution is -2.64. The van der Waals surface area contributed by atoms with Gasteiger partial charge < -0.3 is 30.3 Å². The van der Waals surface area contributed by atoms with Crippen LogP contribution in [0.5, 0.6) is 0 Å². The van der Waals surface area contributed by atoms with E-state index >= 15 is 0 Å².